The third-order valence-electron chi connectivity index (χ3n) is 5.04. The Kier molecular flexibility index (Phi) is 5.32. The minimum atomic E-state index is -0.154. The maximum Gasteiger partial charge on any atom is 0.123 e. The summed E-state index contributed by atoms with van der Waals surface area (Å²) < 4.78 is 13.0. The average molecular weight is 305 g/mol. The molecule has 0 spiro atoms. The standard InChI is InChI=1S/C18H28FN3/c1-16-3-2-8-21(15-16)10-9-20-11-13-22(14-12-20)18-6-4-17(19)5-7-18/h4-7,16H,2-3,8-15H2,1H3/t16-/m1/s1. The molecule has 0 amide bonds. The van der Waals surface area contributed by atoms with Crippen molar-refractivity contribution in [2.75, 3.05) is 57.3 Å². The lowest BCUT2D eigenvalue weighted by molar-refractivity contribution is 0.151. The summed E-state index contributed by atoms with van der Waals surface area (Å²) in [5.41, 5.74) is 1.14. The van der Waals surface area contributed by atoms with Crippen molar-refractivity contribution in [3.8, 4) is 0 Å². The first-order chi connectivity index (χ1) is 10.7. The van der Waals surface area contributed by atoms with E-state index in [0.29, 0.717) is 0 Å². The summed E-state index contributed by atoms with van der Waals surface area (Å²) in [5, 5.41) is 0. The van der Waals surface area contributed by atoms with Crippen molar-refractivity contribution in [3.05, 3.63) is 30.1 Å². The Balaban J connectivity index is 1.41. The summed E-state index contributed by atoms with van der Waals surface area (Å²) in [5.74, 6) is 0.710. The molecule has 122 valence electrons. The maximum absolute atomic E-state index is 13.0. The first kappa shape index (κ1) is 15.8. The van der Waals surface area contributed by atoms with Gasteiger partial charge in [0, 0.05) is 51.5 Å². The van der Waals surface area contributed by atoms with E-state index in [4.69, 9.17) is 0 Å². The van der Waals surface area contributed by atoms with Crippen LogP contribution in [0.5, 0.6) is 0 Å². The van der Waals surface area contributed by atoms with Crippen LogP contribution in [0.1, 0.15) is 19.8 Å². The molecule has 4 heteroatoms. The molecule has 1 aromatic carbocycles. The van der Waals surface area contributed by atoms with Crippen molar-refractivity contribution in [1.29, 1.82) is 0 Å². The summed E-state index contributed by atoms with van der Waals surface area (Å²) >= 11 is 0. The number of nitrogens with zero attached hydrogens (tertiary/aromatic N) is 3. The summed E-state index contributed by atoms with van der Waals surface area (Å²) in [4.78, 5) is 7.55. The van der Waals surface area contributed by atoms with E-state index >= 15 is 0 Å². The zero-order valence-corrected chi connectivity index (χ0v) is 13.7. The molecule has 3 nitrogen and oxygen atoms in total. The molecule has 22 heavy (non-hydrogen) atoms. The Morgan fingerprint density at radius 2 is 1.64 bits per heavy atom. The SMILES string of the molecule is C[C@@H]1CCCN(CCN2CCN(c3ccc(F)cc3)CC2)C1. The van der Waals surface area contributed by atoms with Gasteiger partial charge in [0.05, 0.1) is 0 Å². The molecule has 0 radical (unpaired) electrons. The highest BCUT2D eigenvalue weighted by molar-refractivity contribution is 5.46. The van der Waals surface area contributed by atoms with E-state index in [1.165, 1.54) is 39.0 Å². The van der Waals surface area contributed by atoms with Crippen LogP contribution in [0.2, 0.25) is 0 Å². The molecule has 0 saturated carbocycles. The Morgan fingerprint density at radius 1 is 0.955 bits per heavy atom. The summed E-state index contributed by atoms with van der Waals surface area (Å²) in [6.07, 6.45) is 2.76. The Labute approximate surface area is 133 Å². The highest BCUT2D eigenvalue weighted by Crippen LogP contribution is 2.18. The van der Waals surface area contributed by atoms with Gasteiger partial charge in [0.1, 0.15) is 5.82 Å². The topological polar surface area (TPSA) is 9.72 Å². The number of piperidine rings is 1. The summed E-state index contributed by atoms with van der Waals surface area (Å²) in [7, 11) is 0. The van der Waals surface area contributed by atoms with Crippen molar-refractivity contribution in [1.82, 2.24) is 9.80 Å². The Morgan fingerprint density at radius 3 is 2.32 bits per heavy atom. The van der Waals surface area contributed by atoms with E-state index in [2.05, 4.69) is 21.6 Å². The molecule has 0 unspecified atom stereocenters. The molecule has 1 atom stereocenters. The van der Waals surface area contributed by atoms with E-state index in [9.17, 15) is 4.39 Å². The van der Waals surface area contributed by atoms with Gasteiger partial charge in [-0.25, -0.2) is 4.39 Å². The van der Waals surface area contributed by atoms with Gasteiger partial charge in [0.2, 0.25) is 0 Å². The number of halogens is 1. The number of piperazine rings is 1. The fourth-order valence-corrected chi connectivity index (χ4v) is 3.65. The van der Waals surface area contributed by atoms with Gasteiger partial charge < -0.3 is 9.80 Å². The van der Waals surface area contributed by atoms with Crippen molar-refractivity contribution in [2.24, 2.45) is 5.92 Å². The average Bonchev–Trinajstić information content (AvgIpc) is 2.54. The van der Waals surface area contributed by atoms with Crippen LogP contribution >= 0.6 is 0 Å². The lowest BCUT2D eigenvalue weighted by Gasteiger charge is -2.38. The molecule has 3 rings (SSSR count). The van der Waals surface area contributed by atoms with E-state index < -0.39 is 0 Å². The van der Waals surface area contributed by atoms with Gasteiger partial charge in [-0.05, 0) is 49.6 Å². The quantitative estimate of drug-likeness (QED) is 0.847. The van der Waals surface area contributed by atoms with Crippen molar-refractivity contribution in [2.45, 2.75) is 19.8 Å². The molecule has 0 aliphatic carbocycles. The van der Waals surface area contributed by atoms with Gasteiger partial charge in [-0.15, -0.1) is 0 Å². The lowest BCUT2D eigenvalue weighted by atomic mass is 10.0. The molecule has 2 aliphatic heterocycles. The number of hydrogen-bond acceptors (Lipinski definition) is 3. The van der Waals surface area contributed by atoms with Crippen LogP contribution < -0.4 is 4.90 Å². The lowest BCUT2D eigenvalue weighted by Crippen LogP contribution is -2.49. The highest BCUT2D eigenvalue weighted by atomic mass is 19.1. The second kappa shape index (κ2) is 7.42. The third kappa shape index (κ3) is 4.20. The predicted octanol–water partition coefficient (Wildman–Crippen LogP) is 2.68. The number of likely N-dealkylation sites (tertiary alicyclic amines) is 1. The first-order valence-electron chi connectivity index (χ1n) is 8.66. The molecule has 2 fully saturated rings. The van der Waals surface area contributed by atoms with Gasteiger partial charge in [0.25, 0.3) is 0 Å². The predicted molar refractivity (Wildman–Crippen MR) is 89.9 cm³/mol. The first-order valence-corrected chi connectivity index (χ1v) is 8.66. The van der Waals surface area contributed by atoms with E-state index in [-0.39, 0.29) is 5.82 Å². The van der Waals surface area contributed by atoms with Crippen molar-refractivity contribution >= 4 is 5.69 Å². The number of benzene rings is 1. The fraction of sp³-hybridized carbons (Fsp3) is 0.667. The summed E-state index contributed by atoms with van der Waals surface area (Å²) in [6, 6.07) is 6.89. The monoisotopic (exact) mass is 305 g/mol. The van der Waals surface area contributed by atoms with Gasteiger partial charge in [-0.2, -0.15) is 0 Å². The summed E-state index contributed by atoms with van der Waals surface area (Å²) in [6.45, 7) is 11.6. The molecule has 0 bridgehead atoms. The molecule has 0 aromatic heterocycles. The fourth-order valence-electron chi connectivity index (χ4n) is 3.65. The largest absolute Gasteiger partial charge is 0.369 e. The maximum atomic E-state index is 13.0. The Hall–Kier alpha value is -1.13. The minimum absolute atomic E-state index is 0.154. The molecular weight excluding hydrogens is 277 g/mol. The van der Waals surface area contributed by atoms with Crippen LogP contribution in [0.3, 0.4) is 0 Å². The molecule has 2 aliphatic rings. The van der Waals surface area contributed by atoms with Crippen LogP contribution in [0.25, 0.3) is 0 Å². The highest BCUT2D eigenvalue weighted by Gasteiger charge is 2.20. The van der Waals surface area contributed by atoms with Crippen LogP contribution in [0, 0.1) is 11.7 Å². The molecule has 0 N–H and O–H groups in total. The normalized spacial score (nSPS) is 24.6. The van der Waals surface area contributed by atoms with Gasteiger partial charge in [-0.1, -0.05) is 6.92 Å². The van der Waals surface area contributed by atoms with Crippen LogP contribution in [-0.2, 0) is 0 Å². The van der Waals surface area contributed by atoms with E-state index in [1.54, 1.807) is 12.1 Å². The van der Waals surface area contributed by atoms with Crippen molar-refractivity contribution in [3.63, 3.8) is 0 Å². The Bertz CT molecular complexity index is 454. The smallest absolute Gasteiger partial charge is 0.123 e. The zero-order valence-electron chi connectivity index (χ0n) is 13.7. The van der Waals surface area contributed by atoms with Gasteiger partial charge in [-0.3, -0.25) is 4.90 Å². The molecule has 2 heterocycles. The van der Waals surface area contributed by atoms with Crippen LogP contribution in [-0.4, -0.2) is 62.2 Å². The number of anilines is 1. The van der Waals surface area contributed by atoms with Crippen molar-refractivity contribution < 1.29 is 4.39 Å². The molecule has 2 saturated heterocycles. The van der Waals surface area contributed by atoms with E-state index in [0.717, 1.165) is 37.8 Å². The van der Waals surface area contributed by atoms with Gasteiger partial charge >= 0.3 is 0 Å². The number of hydrogen-bond donors (Lipinski definition) is 0. The molecular formula is C18H28FN3. The van der Waals surface area contributed by atoms with E-state index in [1.807, 2.05) is 12.1 Å². The molecule has 1 aromatic rings. The van der Waals surface area contributed by atoms with Gasteiger partial charge in [0.15, 0.2) is 0 Å². The zero-order chi connectivity index (χ0) is 15.4. The van der Waals surface area contributed by atoms with Crippen LogP contribution in [0.4, 0.5) is 10.1 Å². The van der Waals surface area contributed by atoms with Crippen LogP contribution in [0.15, 0.2) is 24.3 Å². The second-order valence-corrected chi connectivity index (χ2v) is 6.85. The second-order valence-electron chi connectivity index (χ2n) is 6.85. The number of rotatable bonds is 4. The minimum Gasteiger partial charge on any atom is -0.369 e. The third-order valence-corrected chi connectivity index (χ3v) is 5.04.